The fraction of sp³-hybridized carbons (Fsp3) is 0.222. The number of aryl methyl sites for hydroxylation is 2. The van der Waals surface area contributed by atoms with Crippen LogP contribution in [0.3, 0.4) is 0 Å². The third kappa shape index (κ3) is 27.2. The number of amides is 4. The van der Waals surface area contributed by atoms with Crippen LogP contribution < -0.4 is 35.9 Å². The van der Waals surface area contributed by atoms with E-state index in [9.17, 15) is 36.7 Å². The van der Waals surface area contributed by atoms with Crippen molar-refractivity contribution < 1.29 is 60.4 Å². The van der Waals surface area contributed by atoms with Crippen LogP contribution in [0.4, 0.5) is 38.8 Å². The van der Waals surface area contributed by atoms with E-state index in [0.717, 1.165) is 5.39 Å². The number of para-hydroxylation sites is 3. The predicted molar refractivity (Wildman–Crippen MR) is 391 cm³/mol. The number of aliphatic imine (C=N–C) groups is 1. The van der Waals surface area contributed by atoms with Crippen LogP contribution in [0.15, 0.2) is 198 Å². The maximum absolute atomic E-state index is 13.9. The van der Waals surface area contributed by atoms with Gasteiger partial charge in [0.1, 0.15) is 65.4 Å². The van der Waals surface area contributed by atoms with E-state index in [1.165, 1.54) is 70.7 Å². The second-order valence-corrected chi connectivity index (χ2v) is 22.3. The Labute approximate surface area is 604 Å². The van der Waals surface area contributed by atoms with Crippen LogP contribution in [-0.4, -0.2) is 108 Å². The lowest BCUT2D eigenvalue weighted by atomic mass is 10.1. The number of rotatable bonds is 24. The molecule has 29 heteroatoms. The van der Waals surface area contributed by atoms with Gasteiger partial charge in [-0.3, -0.25) is 20.2 Å². The van der Waals surface area contributed by atoms with Crippen molar-refractivity contribution in [3.63, 3.8) is 0 Å². The minimum Gasteiger partial charge on any atom is -0.447 e. The normalized spacial score (nSPS) is 11.1. The standard InChI is InChI=1S/C33H31ClF2N6O4.C25H27ClF2N4O3.C14H10N2O2.2H2S/c1-42(30(43)15-13-22-7-5-11-28(36)31(22)34)26(8-6-16-38-32(40-21-37)46-27-9-3-2-4-10-27)20-45-33(44)41-29-18-24-17-25(35)14-12-23(24)19-39-29;1-32(23(33)10-8-16-4-2-6-21(28)24(16)26)20(5-3-11-29)15-35-25(34)31-22-13-18-12-19(27)9-7-17(18)14-30-22;1-15-16-14(17-12-8-4-2-5-9-12)18-13-10-6-3-7-11-13;;/h2-5,7,9-12,14,17-19,26H,6,8,13,15-16,20H2,1H3,(H,38,40)(H,39,41,44);2,4,6-7,9,12-14,20H,3,5,8,10-11,15,29H2,1H3,(H,30,31,34);2-11H;2*1H2/t26-;20-;;;/m00.../s1. The van der Waals surface area contributed by atoms with E-state index in [4.69, 9.17) is 64.5 Å². The van der Waals surface area contributed by atoms with Crippen LogP contribution in [0.1, 0.15) is 49.7 Å². The van der Waals surface area contributed by atoms with E-state index in [2.05, 4.69) is 41.0 Å². The highest BCUT2D eigenvalue weighted by Crippen LogP contribution is 2.25. The molecule has 21 nitrogen and oxygen atoms in total. The Balaban J connectivity index is 0.000000294. The van der Waals surface area contributed by atoms with E-state index in [1.807, 2.05) is 42.5 Å². The number of hydrogen-bond acceptors (Lipinski definition) is 15. The molecule has 2 heterocycles. The fourth-order valence-electron chi connectivity index (χ4n) is 9.38. The molecule has 0 aliphatic rings. The number of hydrogen-bond donors (Lipinski definition) is 4. The summed E-state index contributed by atoms with van der Waals surface area (Å²) in [6.45, 7) is 7.17. The molecule has 0 fully saturated rings. The zero-order valence-electron chi connectivity index (χ0n) is 54.6. The molecule has 0 bridgehead atoms. The molecule has 7 aromatic carbocycles. The number of anilines is 2. The Bertz CT molecular complexity index is 4280. The van der Waals surface area contributed by atoms with Crippen LogP contribution in [0.25, 0.3) is 26.5 Å². The quantitative estimate of drug-likeness (QED) is 0.00641. The summed E-state index contributed by atoms with van der Waals surface area (Å²) >= 11 is 12.0. The summed E-state index contributed by atoms with van der Waals surface area (Å²) in [7, 11) is 3.21. The number of aromatic nitrogens is 2. The number of carbonyl (C=O) groups is 4. The average Bonchev–Trinajstić information content (AvgIpc) is 0.845. The van der Waals surface area contributed by atoms with Gasteiger partial charge in [-0.15, -0.1) is 4.95 Å². The molecule has 2 aromatic heterocycles. The number of fused-ring (bicyclic) bond motifs is 2. The highest BCUT2D eigenvalue weighted by molar-refractivity contribution is 7.59. The summed E-state index contributed by atoms with van der Waals surface area (Å²) in [6.07, 6.45) is 5.77. The third-order valence-electron chi connectivity index (χ3n) is 14.6. The molecule has 0 aliphatic heterocycles. The smallest absolute Gasteiger partial charge is 0.447 e. The van der Waals surface area contributed by atoms with Gasteiger partial charge in [0.05, 0.1) is 22.1 Å². The van der Waals surface area contributed by atoms with E-state index in [1.54, 1.807) is 105 Å². The number of halogens is 6. The lowest BCUT2D eigenvalue weighted by Crippen LogP contribution is -2.41. The Morgan fingerprint density at radius 1 is 0.594 bits per heavy atom. The Hall–Kier alpha value is -10.7. The van der Waals surface area contributed by atoms with Crippen LogP contribution in [-0.2, 0) is 31.9 Å². The molecule has 0 saturated carbocycles. The Kier molecular flexibility index (Phi) is 34.5. The molecule has 101 heavy (non-hydrogen) atoms. The van der Waals surface area contributed by atoms with Gasteiger partial charge in [0.25, 0.3) is 0 Å². The first-order valence-electron chi connectivity index (χ1n) is 30.8. The van der Waals surface area contributed by atoms with Crippen molar-refractivity contribution in [2.24, 2.45) is 15.8 Å². The fourth-order valence-corrected chi connectivity index (χ4v) is 9.82. The van der Waals surface area contributed by atoms with Gasteiger partial charge in [-0.2, -0.15) is 38.8 Å². The minimum absolute atomic E-state index is 0. The summed E-state index contributed by atoms with van der Waals surface area (Å²) in [4.78, 5) is 69.5. The third-order valence-corrected chi connectivity index (χ3v) is 15.5. The van der Waals surface area contributed by atoms with Gasteiger partial charge in [0, 0.05) is 56.6 Å². The lowest BCUT2D eigenvalue weighted by Gasteiger charge is -2.28. The van der Waals surface area contributed by atoms with Gasteiger partial charge in [-0.05, 0) is 164 Å². The summed E-state index contributed by atoms with van der Waals surface area (Å²) in [5.41, 5.74) is 6.67. The van der Waals surface area contributed by atoms with Crippen molar-refractivity contribution >= 4 is 119 Å². The van der Waals surface area contributed by atoms with E-state index < -0.39 is 47.5 Å². The molecule has 9 aromatic rings. The number of nitrogens with two attached hydrogens (primary N) is 1. The highest BCUT2D eigenvalue weighted by Gasteiger charge is 2.25. The van der Waals surface area contributed by atoms with Gasteiger partial charge in [0.15, 0.2) is 11.3 Å². The number of nitrogens with zero attached hydrogens (tertiary/aromatic N) is 8. The second kappa shape index (κ2) is 43.0. The molecule has 0 unspecified atom stereocenters. The van der Waals surface area contributed by atoms with E-state index in [-0.39, 0.29) is 118 Å². The van der Waals surface area contributed by atoms with Gasteiger partial charge < -0.3 is 39.2 Å². The van der Waals surface area contributed by atoms with Gasteiger partial charge in [0.2, 0.25) is 11.8 Å². The number of carbonyl (C=O) groups excluding carboxylic acids is 4. The van der Waals surface area contributed by atoms with Gasteiger partial charge >= 0.3 is 24.3 Å². The number of amidine groups is 1. The number of nitrogens with one attached hydrogen (secondary N) is 3. The zero-order valence-corrected chi connectivity index (χ0v) is 58.1. The van der Waals surface area contributed by atoms with Crippen molar-refractivity contribution in [1.82, 2.24) is 25.1 Å². The lowest BCUT2D eigenvalue weighted by molar-refractivity contribution is -0.133. The first-order valence-corrected chi connectivity index (χ1v) is 31.5. The van der Waals surface area contributed by atoms with E-state index in [0.29, 0.717) is 76.8 Å². The largest absolute Gasteiger partial charge is 0.475 e. The summed E-state index contributed by atoms with van der Waals surface area (Å²) in [6, 6.07) is 46.4. The number of nitriles is 1. The summed E-state index contributed by atoms with van der Waals surface area (Å²) < 4.78 is 81.8. The van der Waals surface area contributed by atoms with Crippen molar-refractivity contribution in [2.45, 2.75) is 63.5 Å². The zero-order chi connectivity index (χ0) is 70.9. The number of likely N-dealkylation sites (N-methyl/N-ethyl adjacent to an activating group) is 2. The predicted octanol–water partition coefficient (Wildman–Crippen LogP) is 14.9. The molecular weight excluding hydrogens is 1390 g/mol. The molecule has 5 N–H and O–H groups in total. The van der Waals surface area contributed by atoms with Crippen molar-refractivity contribution in [1.29, 1.82) is 5.26 Å². The van der Waals surface area contributed by atoms with Crippen molar-refractivity contribution in [2.75, 3.05) is 51.0 Å². The minimum atomic E-state index is -0.810. The number of ether oxygens (including phenoxy) is 5. The summed E-state index contributed by atoms with van der Waals surface area (Å²) in [5, 5.41) is 22.5. The van der Waals surface area contributed by atoms with Crippen LogP contribution in [0, 0.1) is 41.3 Å². The topological polar surface area (TPSA) is 262 Å². The molecule has 0 saturated heterocycles. The van der Waals surface area contributed by atoms with Crippen LogP contribution >= 0.6 is 50.2 Å². The molecule has 0 spiro atoms. The molecule has 2 atom stereocenters. The second-order valence-electron chi connectivity index (χ2n) is 21.5. The first-order chi connectivity index (χ1) is 47.9. The maximum atomic E-state index is 13.9. The molecule has 0 aliphatic carbocycles. The summed E-state index contributed by atoms with van der Waals surface area (Å²) in [5.74, 6) is -0.375. The highest BCUT2D eigenvalue weighted by atomic mass is 35.5. The molecule has 528 valence electrons. The molecule has 4 amide bonds. The van der Waals surface area contributed by atoms with Crippen LogP contribution in [0.5, 0.6) is 17.2 Å². The maximum Gasteiger partial charge on any atom is 0.475 e. The number of benzene rings is 7. The Morgan fingerprint density at radius 3 is 1.44 bits per heavy atom. The Morgan fingerprint density at radius 2 is 1.02 bits per heavy atom. The van der Waals surface area contributed by atoms with E-state index >= 15 is 0 Å². The van der Waals surface area contributed by atoms with Gasteiger partial charge in [-0.25, -0.2) is 47.4 Å². The van der Waals surface area contributed by atoms with Crippen molar-refractivity contribution in [3.8, 4) is 23.4 Å². The SMILES string of the molecule is CN(C(=O)CCc1cccc(F)c1Cl)[C@@H](CCCN)COC(=O)Nc1cc2cc(F)ccc2cn1.CN(C(=O)CCc1cccc(F)c1Cl)[C@@H](CCCN=C(NC#N)Oc1ccccc1)COC(=O)Nc1cc2cc(F)ccc2cn1.S.S.[C-]#[N+]N=C(Oc1ccccc1)Oc1ccccc1. The molecular formula is C72H72Cl2F4N12O9S2. The molecule has 9 rings (SSSR count). The first kappa shape index (κ1) is 81.0. The monoisotopic (exact) mass is 1460 g/mol. The van der Waals surface area contributed by atoms with Gasteiger partial charge in [-0.1, -0.05) is 102 Å². The molecule has 0 radical (unpaired) electrons. The van der Waals surface area contributed by atoms with Crippen LogP contribution in [0.2, 0.25) is 10.0 Å². The average molecular weight is 1460 g/mol. The number of pyridine rings is 2. The van der Waals surface area contributed by atoms with Crippen molar-refractivity contribution in [3.05, 3.63) is 244 Å².